The highest BCUT2D eigenvalue weighted by atomic mass is 32.1. The monoisotopic (exact) mass is 231 g/mol. The standard InChI is InChI=1S/C10H9N5S/c1-7(10-14-4-5-16-10)15-9-8(6-11)12-2-3-13-9/h2-5,7H,1H3,(H,13,15). The summed E-state index contributed by atoms with van der Waals surface area (Å²) >= 11 is 1.56. The number of hydrogen-bond acceptors (Lipinski definition) is 6. The first kappa shape index (κ1) is 10.5. The number of thiazole rings is 1. The van der Waals surface area contributed by atoms with E-state index in [0.29, 0.717) is 11.5 Å². The molecule has 0 saturated carbocycles. The maximum Gasteiger partial charge on any atom is 0.182 e. The van der Waals surface area contributed by atoms with Crippen LogP contribution >= 0.6 is 11.3 Å². The fraction of sp³-hybridized carbons (Fsp3) is 0.200. The number of hydrogen-bond donors (Lipinski definition) is 1. The van der Waals surface area contributed by atoms with Crippen molar-refractivity contribution in [2.75, 3.05) is 5.32 Å². The quantitative estimate of drug-likeness (QED) is 0.874. The van der Waals surface area contributed by atoms with Gasteiger partial charge in [0.25, 0.3) is 0 Å². The van der Waals surface area contributed by atoms with Crippen molar-refractivity contribution in [3.63, 3.8) is 0 Å². The van der Waals surface area contributed by atoms with Crippen LogP contribution in [0.1, 0.15) is 23.7 Å². The molecule has 2 heterocycles. The third kappa shape index (κ3) is 2.15. The number of nitriles is 1. The average molecular weight is 231 g/mol. The Kier molecular flexibility index (Phi) is 3.08. The minimum Gasteiger partial charge on any atom is -0.359 e. The zero-order valence-corrected chi connectivity index (χ0v) is 9.40. The second-order valence-corrected chi connectivity index (χ2v) is 4.03. The van der Waals surface area contributed by atoms with Crippen molar-refractivity contribution in [3.05, 3.63) is 34.7 Å². The molecule has 2 rings (SSSR count). The molecule has 1 unspecified atom stereocenters. The summed E-state index contributed by atoms with van der Waals surface area (Å²) in [5.74, 6) is 0.493. The van der Waals surface area contributed by atoms with Crippen LogP contribution in [0.2, 0.25) is 0 Å². The van der Waals surface area contributed by atoms with Crippen LogP contribution in [-0.2, 0) is 0 Å². The molecule has 0 aliphatic rings. The van der Waals surface area contributed by atoms with Gasteiger partial charge in [-0.1, -0.05) is 0 Å². The molecule has 5 nitrogen and oxygen atoms in total. The molecular weight excluding hydrogens is 222 g/mol. The molecule has 1 atom stereocenters. The predicted molar refractivity (Wildman–Crippen MR) is 60.9 cm³/mol. The van der Waals surface area contributed by atoms with Gasteiger partial charge in [0, 0.05) is 24.0 Å². The SMILES string of the molecule is CC(Nc1nccnc1C#N)c1nccs1. The summed E-state index contributed by atoms with van der Waals surface area (Å²) in [6.45, 7) is 1.97. The van der Waals surface area contributed by atoms with Crippen LogP contribution in [-0.4, -0.2) is 15.0 Å². The molecule has 0 spiro atoms. The minimum atomic E-state index is 0.0174. The molecule has 0 aliphatic carbocycles. The summed E-state index contributed by atoms with van der Waals surface area (Å²) in [5.41, 5.74) is 0.297. The van der Waals surface area contributed by atoms with E-state index in [2.05, 4.69) is 20.3 Å². The molecule has 0 bridgehead atoms. The Morgan fingerprint density at radius 2 is 2.12 bits per heavy atom. The summed E-state index contributed by atoms with van der Waals surface area (Å²) in [7, 11) is 0. The van der Waals surface area contributed by atoms with Crippen LogP contribution in [0.5, 0.6) is 0 Å². The van der Waals surface area contributed by atoms with Gasteiger partial charge in [-0.3, -0.25) is 0 Å². The van der Waals surface area contributed by atoms with Gasteiger partial charge >= 0.3 is 0 Å². The molecule has 16 heavy (non-hydrogen) atoms. The first-order valence-corrected chi connectivity index (χ1v) is 5.56. The van der Waals surface area contributed by atoms with Crippen LogP contribution < -0.4 is 5.32 Å². The zero-order chi connectivity index (χ0) is 11.4. The van der Waals surface area contributed by atoms with Crippen LogP contribution in [0, 0.1) is 11.3 Å². The highest BCUT2D eigenvalue weighted by Gasteiger charge is 2.11. The van der Waals surface area contributed by atoms with Gasteiger partial charge in [0.2, 0.25) is 0 Å². The normalized spacial score (nSPS) is 11.8. The maximum absolute atomic E-state index is 8.86. The van der Waals surface area contributed by atoms with Gasteiger partial charge in [0.1, 0.15) is 11.1 Å². The smallest absolute Gasteiger partial charge is 0.182 e. The molecule has 80 valence electrons. The first-order valence-electron chi connectivity index (χ1n) is 4.68. The van der Waals surface area contributed by atoms with Crippen molar-refractivity contribution in [1.82, 2.24) is 15.0 Å². The van der Waals surface area contributed by atoms with Crippen molar-refractivity contribution >= 4 is 17.2 Å². The number of nitrogens with one attached hydrogen (secondary N) is 1. The molecule has 0 amide bonds. The van der Waals surface area contributed by atoms with Gasteiger partial charge in [-0.05, 0) is 6.92 Å². The lowest BCUT2D eigenvalue weighted by Crippen LogP contribution is -2.09. The molecule has 2 aromatic heterocycles. The minimum absolute atomic E-state index is 0.0174. The van der Waals surface area contributed by atoms with E-state index in [4.69, 9.17) is 5.26 Å². The molecule has 0 aliphatic heterocycles. The Bertz CT molecular complexity index is 502. The molecule has 0 fully saturated rings. The molecule has 6 heteroatoms. The summed E-state index contributed by atoms with van der Waals surface area (Å²) in [6.07, 6.45) is 4.80. The molecular formula is C10H9N5S. The lowest BCUT2D eigenvalue weighted by Gasteiger charge is -2.11. The third-order valence-corrected chi connectivity index (χ3v) is 2.94. The Morgan fingerprint density at radius 3 is 2.81 bits per heavy atom. The van der Waals surface area contributed by atoms with Crippen molar-refractivity contribution < 1.29 is 0 Å². The molecule has 1 N–H and O–H groups in total. The molecule has 0 radical (unpaired) electrons. The summed E-state index contributed by atoms with van der Waals surface area (Å²) in [6, 6.07) is 2.01. The third-order valence-electron chi connectivity index (χ3n) is 1.98. The van der Waals surface area contributed by atoms with Gasteiger partial charge in [0.05, 0.1) is 6.04 Å². The van der Waals surface area contributed by atoms with Crippen molar-refractivity contribution in [2.24, 2.45) is 0 Å². The summed E-state index contributed by atoms with van der Waals surface area (Å²) in [5, 5.41) is 14.8. The fourth-order valence-corrected chi connectivity index (χ4v) is 1.89. The topological polar surface area (TPSA) is 74.5 Å². The van der Waals surface area contributed by atoms with Crippen LogP contribution in [0.15, 0.2) is 24.0 Å². The predicted octanol–water partition coefficient (Wildman–Crippen LogP) is 1.98. The number of aromatic nitrogens is 3. The highest BCUT2D eigenvalue weighted by Crippen LogP contribution is 2.20. The largest absolute Gasteiger partial charge is 0.359 e. The summed E-state index contributed by atoms with van der Waals surface area (Å²) in [4.78, 5) is 12.2. The first-order chi connectivity index (χ1) is 7.81. The van der Waals surface area contributed by atoms with Crippen molar-refractivity contribution in [1.29, 1.82) is 5.26 Å². The Labute approximate surface area is 96.8 Å². The Morgan fingerprint density at radius 1 is 1.31 bits per heavy atom. The lowest BCUT2D eigenvalue weighted by molar-refractivity contribution is 0.856. The number of anilines is 1. The van der Waals surface area contributed by atoms with Crippen LogP contribution in [0.4, 0.5) is 5.82 Å². The van der Waals surface area contributed by atoms with Gasteiger partial charge in [-0.2, -0.15) is 5.26 Å². The number of rotatable bonds is 3. The van der Waals surface area contributed by atoms with Crippen LogP contribution in [0.3, 0.4) is 0 Å². The van der Waals surface area contributed by atoms with E-state index >= 15 is 0 Å². The van der Waals surface area contributed by atoms with E-state index < -0.39 is 0 Å². The van der Waals surface area contributed by atoms with E-state index in [1.165, 1.54) is 6.20 Å². The van der Waals surface area contributed by atoms with E-state index in [1.54, 1.807) is 23.7 Å². The summed E-state index contributed by atoms with van der Waals surface area (Å²) < 4.78 is 0. The van der Waals surface area contributed by atoms with Gasteiger partial charge < -0.3 is 5.32 Å². The maximum atomic E-state index is 8.86. The van der Waals surface area contributed by atoms with E-state index in [-0.39, 0.29) is 6.04 Å². The van der Waals surface area contributed by atoms with Gasteiger partial charge in [-0.15, -0.1) is 11.3 Å². The Hall–Kier alpha value is -2.00. The van der Waals surface area contributed by atoms with Crippen LogP contribution in [0.25, 0.3) is 0 Å². The number of nitrogens with zero attached hydrogens (tertiary/aromatic N) is 4. The molecule has 2 aromatic rings. The van der Waals surface area contributed by atoms with E-state index in [0.717, 1.165) is 5.01 Å². The zero-order valence-electron chi connectivity index (χ0n) is 8.58. The second kappa shape index (κ2) is 4.68. The molecule has 0 saturated heterocycles. The van der Waals surface area contributed by atoms with Gasteiger partial charge in [-0.25, -0.2) is 15.0 Å². The lowest BCUT2D eigenvalue weighted by atomic mass is 10.3. The second-order valence-electron chi connectivity index (χ2n) is 3.10. The van der Waals surface area contributed by atoms with Crippen molar-refractivity contribution in [2.45, 2.75) is 13.0 Å². The van der Waals surface area contributed by atoms with Crippen molar-refractivity contribution in [3.8, 4) is 6.07 Å². The fourth-order valence-electron chi connectivity index (χ4n) is 1.24. The van der Waals surface area contributed by atoms with Gasteiger partial charge in [0.15, 0.2) is 11.5 Å². The van der Waals surface area contributed by atoms with E-state index in [1.807, 2.05) is 18.4 Å². The highest BCUT2D eigenvalue weighted by molar-refractivity contribution is 7.09. The van der Waals surface area contributed by atoms with E-state index in [9.17, 15) is 0 Å². The molecule has 0 aromatic carbocycles. The Balaban J connectivity index is 2.19. The average Bonchev–Trinajstić information content (AvgIpc) is 2.83.